The zero-order chi connectivity index (χ0) is 15.1. The molecule has 0 radical (unpaired) electrons. The van der Waals surface area contributed by atoms with Crippen LogP contribution in [0.3, 0.4) is 0 Å². The number of benzene rings is 2. The Morgan fingerprint density at radius 3 is 2.14 bits per heavy atom. The van der Waals surface area contributed by atoms with Gasteiger partial charge in [-0.15, -0.1) is 0 Å². The van der Waals surface area contributed by atoms with Crippen LogP contribution >= 0.6 is 12.2 Å². The molecule has 0 aliphatic heterocycles. The normalized spacial score (nSPS) is 10.2. The SMILES string of the molecule is CCOc1ccc(C(=S)NCc2ccc(CC)cc2)cc1. The molecule has 0 saturated heterocycles. The lowest BCUT2D eigenvalue weighted by atomic mass is 10.1. The van der Waals surface area contributed by atoms with Crippen LogP contribution in [0.4, 0.5) is 0 Å². The van der Waals surface area contributed by atoms with Crippen molar-refractivity contribution in [2.24, 2.45) is 0 Å². The molecule has 0 saturated carbocycles. The number of aryl methyl sites for hydroxylation is 1. The van der Waals surface area contributed by atoms with Gasteiger partial charge in [-0.1, -0.05) is 43.4 Å². The minimum Gasteiger partial charge on any atom is -0.494 e. The predicted molar refractivity (Wildman–Crippen MR) is 92.0 cm³/mol. The Morgan fingerprint density at radius 1 is 0.952 bits per heavy atom. The molecule has 0 amide bonds. The van der Waals surface area contributed by atoms with Gasteiger partial charge in [0.1, 0.15) is 10.7 Å². The van der Waals surface area contributed by atoms with Crippen LogP contribution in [0.1, 0.15) is 30.5 Å². The summed E-state index contributed by atoms with van der Waals surface area (Å²) >= 11 is 5.42. The number of rotatable bonds is 6. The highest BCUT2D eigenvalue weighted by atomic mass is 32.1. The second-order valence-corrected chi connectivity index (χ2v) is 5.22. The monoisotopic (exact) mass is 299 g/mol. The molecular weight excluding hydrogens is 278 g/mol. The fourth-order valence-corrected chi connectivity index (χ4v) is 2.25. The number of hydrogen-bond donors (Lipinski definition) is 1. The van der Waals surface area contributed by atoms with E-state index in [0.717, 1.165) is 29.3 Å². The molecule has 0 fully saturated rings. The van der Waals surface area contributed by atoms with Crippen LogP contribution in [0.15, 0.2) is 48.5 Å². The van der Waals surface area contributed by atoms with Crippen LogP contribution < -0.4 is 10.1 Å². The molecule has 2 aromatic carbocycles. The third kappa shape index (κ3) is 4.57. The smallest absolute Gasteiger partial charge is 0.119 e. The lowest BCUT2D eigenvalue weighted by Crippen LogP contribution is -2.21. The van der Waals surface area contributed by atoms with E-state index in [1.807, 2.05) is 31.2 Å². The third-order valence-electron chi connectivity index (χ3n) is 3.31. The van der Waals surface area contributed by atoms with Crippen molar-refractivity contribution in [3.05, 3.63) is 65.2 Å². The third-order valence-corrected chi connectivity index (χ3v) is 3.69. The van der Waals surface area contributed by atoms with E-state index in [1.54, 1.807) is 0 Å². The van der Waals surface area contributed by atoms with Crippen LogP contribution in [-0.2, 0) is 13.0 Å². The van der Waals surface area contributed by atoms with Crippen molar-refractivity contribution in [3.63, 3.8) is 0 Å². The first-order valence-corrected chi connectivity index (χ1v) is 7.72. The molecule has 2 rings (SSSR count). The van der Waals surface area contributed by atoms with Crippen LogP contribution in [0.5, 0.6) is 5.75 Å². The van der Waals surface area contributed by atoms with E-state index in [9.17, 15) is 0 Å². The van der Waals surface area contributed by atoms with Crippen LogP contribution in [0, 0.1) is 0 Å². The van der Waals surface area contributed by atoms with Gasteiger partial charge < -0.3 is 10.1 Å². The summed E-state index contributed by atoms with van der Waals surface area (Å²) in [7, 11) is 0. The molecule has 0 aromatic heterocycles. The van der Waals surface area contributed by atoms with Gasteiger partial charge in [0, 0.05) is 12.1 Å². The van der Waals surface area contributed by atoms with Crippen molar-refractivity contribution in [1.29, 1.82) is 0 Å². The molecule has 0 heterocycles. The Balaban J connectivity index is 1.91. The van der Waals surface area contributed by atoms with Crippen molar-refractivity contribution in [2.75, 3.05) is 6.61 Å². The summed E-state index contributed by atoms with van der Waals surface area (Å²) in [5.74, 6) is 0.874. The fraction of sp³-hybridized carbons (Fsp3) is 0.278. The summed E-state index contributed by atoms with van der Waals surface area (Å²) in [6.07, 6.45) is 1.07. The fourth-order valence-electron chi connectivity index (χ4n) is 2.05. The summed E-state index contributed by atoms with van der Waals surface area (Å²) in [5, 5.41) is 3.29. The van der Waals surface area contributed by atoms with Crippen molar-refractivity contribution in [2.45, 2.75) is 26.8 Å². The molecule has 0 atom stereocenters. The van der Waals surface area contributed by atoms with Crippen molar-refractivity contribution < 1.29 is 4.74 Å². The van der Waals surface area contributed by atoms with Gasteiger partial charge in [0.05, 0.1) is 6.61 Å². The molecule has 110 valence electrons. The van der Waals surface area contributed by atoms with Gasteiger partial charge in [0.25, 0.3) is 0 Å². The molecule has 0 aliphatic rings. The predicted octanol–water partition coefficient (Wildman–Crippen LogP) is 4.11. The molecule has 0 bridgehead atoms. The van der Waals surface area contributed by atoms with E-state index in [2.05, 4.69) is 36.5 Å². The number of hydrogen-bond acceptors (Lipinski definition) is 2. The van der Waals surface area contributed by atoms with Crippen molar-refractivity contribution in [3.8, 4) is 5.75 Å². The quantitative estimate of drug-likeness (QED) is 0.811. The summed E-state index contributed by atoms with van der Waals surface area (Å²) in [6, 6.07) is 16.5. The second-order valence-electron chi connectivity index (χ2n) is 4.81. The molecule has 1 N–H and O–H groups in total. The second kappa shape index (κ2) is 7.79. The van der Waals surface area contributed by atoms with Crippen LogP contribution in [0.2, 0.25) is 0 Å². The van der Waals surface area contributed by atoms with Crippen molar-refractivity contribution in [1.82, 2.24) is 5.32 Å². The lowest BCUT2D eigenvalue weighted by molar-refractivity contribution is 0.340. The Hall–Kier alpha value is -1.87. The van der Waals surface area contributed by atoms with Crippen LogP contribution in [0.25, 0.3) is 0 Å². The Labute approximate surface area is 132 Å². The van der Waals surface area contributed by atoms with E-state index in [4.69, 9.17) is 17.0 Å². The number of nitrogens with one attached hydrogen (secondary N) is 1. The van der Waals surface area contributed by atoms with Gasteiger partial charge in [0.15, 0.2) is 0 Å². The first kappa shape index (κ1) is 15.5. The van der Waals surface area contributed by atoms with Gasteiger partial charge in [-0.2, -0.15) is 0 Å². The minimum absolute atomic E-state index is 0.676. The largest absolute Gasteiger partial charge is 0.494 e. The summed E-state index contributed by atoms with van der Waals surface area (Å²) < 4.78 is 5.43. The topological polar surface area (TPSA) is 21.3 Å². The number of ether oxygens (including phenoxy) is 1. The summed E-state index contributed by atoms with van der Waals surface area (Å²) in [5.41, 5.74) is 3.60. The highest BCUT2D eigenvalue weighted by molar-refractivity contribution is 7.80. The van der Waals surface area contributed by atoms with Gasteiger partial charge in [-0.3, -0.25) is 0 Å². The summed E-state index contributed by atoms with van der Waals surface area (Å²) in [6.45, 7) is 5.56. The van der Waals surface area contributed by atoms with E-state index in [-0.39, 0.29) is 0 Å². The molecule has 0 aliphatic carbocycles. The molecule has 0 spiro atoms. The first-order chi connectivity index (χ1) is 10.2. The highest BCUT2D eigenvalue weighted by Gasteiger charge is 2.02. The average molecular weight is 299 g/mol. The maximum absolute atomic E-state index is 5.43. The van der Waals surface area contributed by atoms with Gasteiger partial charge in [0.2, 0.25) is 0 Å². The standard InChI is InChI=1S/C18H21NOS/c1-3-14-5-7-15(8-6-14)13-19-18(21)16-9-11-17(12-10-16)20-4-2/h5-12H,3-4,13H2,1-2H3,(H,19,21). The molecule has 3 heteroatoms. The molecule has 2 aromatic rings. The molecule has 21 heavy (non-hydrogen) atoms. The van der Waals surface area contributed by atoms with E-state index < -0.39 is 0 Å². The molecular formula is C18H21NOS. The Morgan fingerprint density at radius 2 is 1.57 bits per heavy atom. The van der Waals surface area contributed by atoms with Gasteiger partial charge in [-0.25, -0.2) is 0 Å². The Kier molecular flexibility index (Phi) is 5.76. The van der Waals surface area contributed by atoms with Gasteiger partial charge >= 0.3 is 0 Å². The Bertz CT molecular complexity index is 575. The van der Waals surface area contributed by atoms with E-state index in [0.29, 0.717) is 6.61 Å². The van der Waals surface area contributed by atoms with Crippen molar-refractivity contribution >= 4 is 17.2 Å². The average Bonchev–Trinajstić information content (AvgIpc) is 2.54. The zero-order valence-electron chi connectivity index (χ0n) is 12.6. The maximum atomic E-state index is 5.43. The molecule has 0 unspecified atom stereocenters. The maximum Gasteiger partial charge on any atom is 0.119 e. The zero-order valence-corrected chi connectivity index (χ0v) is 13.4. The number of thiocarbonyl (C=S) groups is 1. The summed E-state index contributed by atoms with van der Waals surface area (Å²) in [4.78, 5) is 0.762. The molecule has 2 nitrogen and oxygen atoms in total. The van der Waals surface area contributed by atoms with E-state index in [1.165, 1.54) is 11.1 Å². The highest BCUT2D eigenvalue weighted by Crippen LogP contribution is 2.12. The van der Waals surface area contributed by atoms with E-state index >= 15 is 0 Å². The first-order valence-electron chi connectivity index (χ1n) is 7.31. The lowest BCUT2D eigenvalue weighted by Gasteiger charge is -2.10. The van der Waals surface area contributed by atoms with Crippen LogP contribution in [-0.4, -0.2) is 11.6 Å². The van der Waals surface area contributed by atoms with Gasteiger partial charge in [-0.05, 0) is 48.7 Å². The minimum atomic E-state index is 0.676.